The van der Waals surface area contributed by atoms with Crippen molar-refractivity contribution in [1.29, 1.82) is 0 Å². The van der Waals surface area contributed by atoms with Crippen molar-refractivity contribution in [2.75, 3.05) is 25.9 Å². The number of nitrogens with zero attached hydrogens (tertiary/aromatic N) is 1. The number of hydrogen-bond donors (Lipinski definition) is 2. The minimum atomic E-state index is -2.62. The Morgan fingerprint density at radius 1 is 1.03 bits per heavy atom. The van der Waals surface area contributed by atoms with Gasteiger partial charge in [0, 0.05) is 30.4 Å². The van der Waals surface area contributed by atoms with Crippen LogP contribution in [-0.4, -0.2) is 30.8 Å². The average molecular weight is 436 g/mol. The fourth-order valence-electron chi connectivity index (χ4n) is 3.73. The molecule has 31 heavy (non-hydrogen) atoms. The van der Waals surface area contributed by atoms with Gasteiger partial charge in [0.15, 0.2) is 0 Å². The molecule has 1 aliphatic rings. The summed E-state index contributed by atoms with van der Waals surface area (Å²) in [6.45, 7) is 4.92. The molecule has 1 saturated heterocycles. The van der Waals surface area contributed by atoms with Crippen molar-refractivity contribution in [3.05, 3.63) is 78.0 Å². The predicted molar refractivity (Wildman–Crippen MR) is 127 cm³/mol. The maximum Gasteiger partial charge on any atom is 0.269 e. The molecule has 162 valence electrons. The van der Waals surface area contributed by atoms with Crippen LogP contribution >= 0.6 is 7.52 Å². The highest BCUT2D eigenvalue weighted by Crippen LogP contribution is 2.44. The van der Waals surface area contributed by atoms with E-state index in [2.05, 4.69) is 65.9 Å². The molecule has 0 spiro atoms. The van der Waals surface area contributed by atoms with Crippen LogP contribution in [0.2, 0.25) is 0 Å². The molecule has 1 atom stereocenters. The van der Waals surface area contributed by atoms with Crippen LogP contribution in [0.4, 0.5) is 0 Å². The first kappa shape index (κ1) is 21.9. The van der Waals surface area contributed by atoms with Gasteiger partial charge in [-0.15, -0.1) is 0 Å². The molecule has 2 N–H and O–H groups in total. The summed E-state index contributed by atoms with van der Waals surface area (Å²) >= 11 is 0. The molecular weight excluding hydrogens is 405 g/mol. The summed E-state index contributed by atoms with van der Waals surface area (Å²) in [4.78, 5) is 4.99. The number of benzene rings is 2. The second kappa shape index (κ2) is 10.3. The second-order valence-corrected chi connectivity index (χ2v) is 10.3. The summed E-state index contributed by atoms with van der Waals surface area (Å²) in [5.41, 5.74) is 6.64. The van der Waals surface area contributed by atoms with Crippen LogP contribution in [0.25, 0.3) is 22.4 Å². The topological polar surface area (TPSA) is 63.2 Å². The standard InChI is InChI=1S/C25H30N3O2P/c1-20-9-11-21(12-10-20)24-14-13-23(28-25(24)22-7-3-2-4-8-22)19-26-15-6-18-31(29)27-16-5-17-30-31/h2-4,7-14,26H,5-6,15-19H2,1H3,(H,27,29). The second-order valence-electron chi connectivity index (χ2n) is 7.95. The lowest BCUT2D eigenvalue weighted by Crippen LogP contribution is -2.25. The van der Waals surface area contributed by atoms with Crippen molar-refractivity contribution < 1.29 is 9.09 Å². The molecule has 6 heteroatoms. The van der Waals surface area contributed by atoms with Crippen molar-refractivity contribution in [3.63, 3.8) is 0 Å². The molecule has 0 aliphatic carbocycles. The highest BCUT2D eigenvalue weighted by atomic mass is 31.2. The van der Waals surface area contributed by atoms with Crippen molar-refractivity contribution in [3.8, 4) is 22.4 Å². The van der Waals surface area contributed by atoms with Crippen LogP contribution in [0, 0.1) is 6.92 Å². The zero-order chi connectivity index (χ0) is 21.5. The lowest BCUT2D eigenvalue weighted by molar-refractivity contribution is 0.277. The number of rotatable bonds is 8. The van der Waals surface area contributed by atoms with Crippen LogP contribution in [0.1, 0.15) is 24.1 Å². The molecule has 1 fully saturated rings. The first-order valence-electron chi connectivity index (χ1n) is 10.9. The molecule has 0 radical (unpaired) electrons. The number of nitrogens with one attached hydrogen (secondary N) is 2. The summed E-state index contributed by atoms with van der Waals surface area (Å²) in [6, 6.07) is 23.1. The normalized spacial score (nSPS) is 18.7. The Morgan fingerprint density at radius 2 is 1.84 bits per heavy atom. The minimum Gasteiger partial charge on any atom is -0.317 e. The van der Waals surface area contributed by atoms with E-state index in [1.165, 1.54) is 11.1 Å². The maximum absolute atomic E-state index is 12.5. The zero-order valence-electron chi connectivity index (χ0n) is 18.0. The van der Waals surface area contributed by atoms with E-state index < -0.39 is 7.52 Å². The van der Waals surface area contributed by atoms with Gasteiger partial charge in [-0.2, -0.15) is 0 Å². The van der Waals surface area contributed by atoms with E-state index in [1.54, 1.807) is 0 Å². The van der Waals surface area contributed by atoms with Gasteiger partial charge < -0.3 is 9.84 Å². The molecule has 5 nitrogen and oxygen atoms in total. The summed E-state index contributed by atoms with van der Waals surface area (Å²) in [6.07, 6.45) is 2.29. The van der Waals surface area contributed by atoms with E-state index in [1.807, 2.05) is 18.2 Å². The van der Waals surface area contributed by atoms with E-state index >= 15 is 0 Å². The fraction of sp³-hybridized carbons (Fsp3) is 0.320. The van der Waals surface area contributed by atoms with E-state index in [-0.39, 0.29) is 0 Å². The molecule has 0 amide bonds. The largest absolute Gasteiger partial charge is 0.317 e. The van der Waals surface area contributed by atoms with Gasteiger partial charge in [-0.3, -0.25) is 9.55 Å². The number of hydrogen-bond acceptors (Lipinski definition) is 4. The SMILES string of the molecule is Cc1ccc(-c2ccc(CNCCCP3(=O)NCCCO3)nc2-c2ccccc2)cc1. The van der Waals surface area contributed by atoms with Crippen LogP contribution in [-0.2, 0) is 15.6 Å². The molecule has 0 bridgehead atoms. The number of pyridine rings is 1. The van der Waals surface area contributed by atoms with Gasteiger partial charge in [0.2, 0.25) is 0 Å². The van der Waals surface area contributed by atoms with Gasteiger partial charge in [0.25, 0.3) is 7.52 Å². The first-order valence-corrected chi connectivity index (χ1v) is 12.8. The minimum absolute atomic E-state index is 0.565. The van der Waals surface area contributed by atoms with Gasteiger partial charge in [-0.05, 0) is 37.9 Å². The lowest BCUT2D eigenvalue weighted by Gasteiger charge is -2.24. The smallest absolute Gasteiger partial charge is 0.269 e. The Bertz CT molecular complexity index is 1030. The Labute approximate surface area is 184 Å². The van der Waals surface area contributed by atoms with Crippen molar-refractivity contribution in [2.24, 2.45) is 0 Å². The highest BCUT2D eigenvalue weighted by molar-refractivity contribution is 7.56. The third kappa shape index (κ3) is 5.90. The fourth-order valence-corrected chi connectivity index (χ4v) is 5.61. The number of aryl methyl sites for hydroxylation is 1. The molecule has 0 saturated carbocycles. The summed E-state index contributed by atoms with van der Waals surface area (Å²) in [5, 5.41) is 6.49. The van der Waals surface area contributed by atoms with Gasteiger partial charge >= 0.3 is 0 Å². The predicted octanol–water partition coefficient (Wildman–Crippen LogP) is 5.41. The van der Waals surface area contributed by atoms with Crippen molar-refractivity contribution in [1.82, 2.24) is 15.4 Å². The quantitative estimate of drug-likeness (QED) is 0.366. The zero-order valence-corrected chi connectivity index (χ0v) is 18.9. The van der Waals surface area contributed by atoms with Crippen molar-refractivity contribution in [2.45, 2.75) is 26.3 Å². The Hall–Kier alpha value is -2.30. The van der Waals surface area contributed by atoms with E-state index in [9.17, 15) is 4.57 Å². The molecule has 4 rings (SSSR count). The molecule has 1 aromatic heterocycles. The monoisotopic (exact) mass is 435 g/mol. The van der Waals surface area contributed by atoms with E-state index in [4.69, 9.17) is 9.51 Å². The summed E-state index contributed by atoms with van der Waals surface area (Å²) in [7, 11) is -2.62. The first-order chi connectivity index (χ1) is 15.1. The molecule has 1 aliphatic heterocycles. The van der Waals surface area contributed by atoms with E-state index in [0.29, 0.717) is 19.3 Å². The van der Waals surface area contributed by atoms with Crippen LogP contribution < -0.4 is 10.4 Å². The third-order valence-corrected chi connectivity index (χ3v) is 7.66. The molecule has 2 aromatic carbocycles. The molecule has 2 heterocycles. The third-order valence-electron chi connectivity index (χ3n) is 5.45. The Morgan fingerprint density at radius 3 is 2.58 bits per heavy atom. The van der Waals surface area contributed by atoms with Crippen LogP contribution in [0.3, 0.4) is 0 Å². The molecular formula is C25H30N3O2P. The summed E-state index contributed by atoms with van der Waals surface area (Å²) in [5.74, 6) is 0. The average Bonchev–Trinajstić information content (AvgIpc) is 2.80. The Kier molecular flexibility index (Phi) is 7.31. The highest BCUT2D eigenvalue weighted by Gasteiger charge is 2.24. The van der Waals surface area contributed by atoms with Gasteiger partial charge in [-0.25, -0.2) is 5.09 Å². The van der Waals surface area contributed by atoms with Gasteiger partial charge in [0.05, 0.1) is 18.0 Å². The maximum atomic E-state index is 12.5. The molecule has 3 aromatic rings. The van der Waals surface area contributed by atoms with Crippen molar-refractivity contribution >= 4 is 7.52 Å². The van der Waals surface area contributed by atoms with Crippen LogP contribution in [0.5, 0.6) is 0 Å². The number of aromatic nitrogens is 1. The Balaban J connectivity index is 1.44. The van der Waals surface area contributed by atoms with Gasteiger partial charge in [-0.1, -0.05) is 66.2 Å². The summed E-state index contributed by atoms with van der Waals surface area (Å²) < 4.78 is 17.9. The van der Waals surface area contributed by atoms with Gasteiger partial charge in [0.1, 0.15) is 0 Å². The molecule has 1 unspecified atom stereocenters. The van der Waals surface area contributed by atoms with E-state index in [0.717, 1.165) is 48.4 Å². The van der Waals surface area contributed by atoms with Crippen LogP contribution in [0.15, 0.2) is 66.7 Å². The lowest BCUT2D eigenvalue weighted by atomic mass is 9.98.